The minimum absolute atomic E-state index is 0.162. The largest absolute Gasteiger partial charge is 0.351 e. The Balaban J connectivity index is 1.88. The Morgan fingerprint density at radius 2 is 2.27 bits per heavy atom. The third-order valence-electron chi connectivity index (χ3n) is 4.33. The number of hydrogen-bond donors (Lipinski definition) is 1. The molecule has 2 atom stereocenters. The average Bonchev–Trinajstić information content (AvgIpc) is 2.89. The smallest absolute Gasteiger partial charge is 0.230 e. The Labute approximate surface area is 138 Å². The van der Waals surface area contributed by atoms with E-state index in [9.17, 15) is 4.79 Å². The summed E-state index contributed by atoms with van der Waals surface area (Å²) in [6.07, 6.45) is 4.78. The van der Waals surface area contributed by atoms with Crippen molar-refractivity contribution in [2.24, 2.45) is 11.8 Å². The molecule has 0 saturated carbocycles. The van der Waals surface area contributed by atoms with Gasteiger partial charge in [-0.25, -0.2) is 0 Å². The normalized spacial score (nSPS) is 22.2. The van der Waals surface area contributed by atoms with Crippen LogP contribution in [0.25, 0.3) is 0 Å². The lowest BCUT2D eigenvalue weighted by Crippen LogP contribution is -2.42. The fourth-order valence-corrected chi connectivity index (χ4v) is 3.47. The molecule has 1 aliphatic rings. The van der Waals surface area contributed by atoms with Crippen molar-refractivity contribution in [2.75, 3.05) is 31.6 Å². The molecule has 0 unspecified atom stereocenters. The molecule has 2 heterocycles. The molecule has 1 aliphatic heterocycles. The molecule has 4 nitrogen and oxygen atoms in total. The predicted molar refractivity (Wildman–Crippen MR) is 93.0 cm³/mol. The van der Waals surface area contributed by atoms with Gasteiger partial charge in [0.1, 0.15) is 0 Å². The number of carbonyl (C=O) groups is 1. The lowest BCUT2D eigenvalue weighted by molar-refractivity contribution is -0.119. The van der Waals surface area contributed by atoms with Crippen molar-refractivity contribution < 1.29 is 4.79 Å². The van der Waals surface area contributed by atoms with Crippen molar-refractivity contribution >= 4 is 17.7 Å². The zero-order valence-corrected chi connectivity index (χ0v) is 14.6. The monoisotopic (exact) mass is 321 g/mol. The molecule has 22 heavy (non-hydrogen) atoms. The molecule has 5 heteroatoms. The topological polar surface area (TPSA) is 45.2 Å². The highest BCUT2D eigenvalue weighted by molar-refractivity contribution is 7.99. The van der Waals surface area contributed by atoms with E-state index in [0.717, 1.165) is 31.7 Å². The number of nitrogens with one attached hydrogen (secondary N) is 1. The molecule has 1 amide bonds. The number of rotatable bonds is 7. The van der Waals surface area contributed by atoms with Crippen LogP contribution >= 0.6 is 11.8 Å². The van der Waals surface area contributed by atoms with Crippen molar-refractivity contribution in [1.29, 1.82) is 0 Å². The second-order valence-corrected chi connectivity index (χ2v) is 7.21. The zero-order chi connectivity index (χ0) is 15.9. The van der Waals surface area contributed by atoms with Crippen molar-refractivity contribution in [3.05, 3.63) is 30.1 Å². The molecule has 0 spiro atoms. The molecule has 1 fully saturated rings. The van der Waals surface area contributed by atoms with Gasteiger partial charge >= 0.3 is 0 Å². The van der Waals surface area contributed by atoms with E-state index in [2.05, 4.69) is 35.1 Å². The highest BCUT2D eigenvalue weighted by Gasteiger charge is 2.35. The van der Waals surface area contributed by atoms with Crippen LogP contribution in [0.5, 0.6) is 0 Å². The summed E-state index contributed by atoms with van der Waals surface area (Å²) in [6.45, 7) is 7.53. The maximum absolute atomic E-state index is 11.9. The molecule has 0 radical (unpaired) electrons. The molecular weight excluding hydrogens is 294 g/mol. The van der Waals surface area contributed by atoms with Crippen molar-refractivity contribution in [2.45, 2.75) is 26.3 Å². The second-order valence-electron chi connectivity index (χ2n) is 6.35. The van der Waals surface area contributed by atoms with Gasteiger partial charge in [-0.05, 0) is 30.2 Å². The molecule has 0 aliphatic carbocycles. The Hall–Kier alpha value is -1.07. The standard InChI is InChI=1S/C17H27N3OS/c1-13(2)15-10-20(9-7-14-6-4-5-8-18-14)11-16(15)19-17(21)12-22-3/h4-6,8,13,15-16H,7,9-12H2,1-3H3,(H,19,21)/t15-,16+/m1/s1. The van der Waals surface area contributed by atoms with Crippen LogP contribution in [0.3, 0.4) is 0 Å². The zero-order valence-electron chi connectivity index (χ0n) is 13.8. The van der Waals surface area contributed by atoms with Gasteiger partial charge in [0.05, 0.1) is 5.75 Å². The summed E-state index contributed by atoms with van der Waals surface area (Å²) in [5, 5.41) is 3.22. The van der Waals surface area contributed by atoms with Crippen LogP contribution in [0.15, 0.2) is 24.4 Å². The van der Waals surface area contributed by atoms with Gasteiger partial charge in [0.15, 0.2) is 0 Å². The third-order valence-corrected chi connectivity index (χ3v) is 4.88. The average molecular weight is 321 g/mol. The van der Waals surface area contributed by atoms with Gasteiger partial charge in [-0.3, -0.25) is 9.78 Å². The van der Waals surface area contributed by atoms with Crippen LogP contribution in [-0.4, -0.2) is 53.5 Å². The number of nitrogens with zero attached hydrogens (tertiary/aromatic N) is 2. The predicted octanol–water partition coefficient (Wildman–Crippen LogP) is 2.06. The quantitative estimate of drug-likeness (QED) is 0.835. The summed E-state index contributed by atoms with van der Waals surface area (Å²) in [5.41, 5.74) is 1.14. The maximum atomic E-state index is 11.9. The molecule has 0 aromatic carbocycles. The Kier molecular flexibility index (Phi) is 6.70. The van der Waals surface area contributed by atoms with Crippen LogP contribution in [0.4, 0.5) is 0 Å². The van der Waals surface area contributed by atoms with Gasteiger partial charge in [0.25, 0.3) is 0 Å². The van der Waals surface area contributed by atoms with E-state index in [1.807, 2.05) is 24.6 Å². The van der Waals surface area contributed by atoms with Gasteiger partial charge in [0, 0.05) is 44.0 Å². The Morgan fingerprint density at radius 3 is 2.91 bits per heavy atom. The maximum Gasteiger partial charge on any atom is 0.230 e. The van der Waals surface area contributed by atoms with Crippen LogP contribution < -0.4 is 5.32 Å². The summed E-state index contributed by atoms with van der Waals surface area (Å²) in [6, 6.07) is 6.34. The van der Waals surface area contributed by atoms with E-state index in [1.54, 1.807) is 11.8 Å². The lowest BCUT2D eigenvalue weighted by atomic mass is 9.91. The SMILES string of the molecule is CSCC(=O)N[C@H]1CN(CCc2ccccn2)C[C@@H]1C(C)C. The number of amides is 1. The summed E-state index contributed by atoms with van der Waals surface area (Å²) < 4.78 is 0. The number of hydrogen-bond acceptors (Lipinski definition) is 4. The van der Waals surface area contributed by atoms with E-state index in [4.69, 9.17) is 0 Å². The van der Waals surface area contributed by atoms with Crippen molar-refractivity contribution in [3.8, 4) is 0 Å². The van der Waals surface area contributed by atoms with Gasteiger partial charge in [0.2, 0.25) is 5.91 Å². The molecule has 1 N–H and O–H groups in total. The van der Waals surface area contributed by atoms with Crippen molar-refractivity contribution in [3.63, 3.8) is 0 Å². The third kappa shape index (κ3) is 4.99. The van der Waals surface area contributed by atoms with E-state index in [0.29, 0.717) is 17.6 Å². The fourth-order valence-electron chi connectivity index (χ4n) is 3.12. The summed E-state index contributed by atoms with van der Waals surface area (Å²) >= 11 is 1.58. The van der Waals surface area contributed by atoms with Gasteiger partial charge in [-0.1, -0.05) is 19.9 Å². The van der Waals surface area contributed by atoms with Crippen LogP contribution in [0, 0.1) is 11.8 Å². The molecule has 0 bridgehead atoms. The van der Waals surface area contributed by atoms with Gasteiger partial charge in [-0.2, -0.15) is 11.8 Å². The molecule has 1 saturated heterocycles. The lowest BCUT2D eigenvalue weighted by Gasteiger charge is -2.22. The van der Waals surface area contributed by atoms with Gasteiger partial charge in [-0.15, -0.1) is 0 Å². The van der Waals surface area contributed by atoms with E-state index >= 15 is 0 Å². The summed E-state index contributed by atoms with van der Waals surface area (Å²) in [7, 11) is 0. The fraction of sp³-hybridized carbons (Fsp3) is 0.647. The van der Waals surface area contributed by atoms with Crippen molar-refractivity contribution in [1.82, 2.24) is 15.2 Å². The second kappa shape index (κ2) is 8.53. The van der Waals surface area contributed by atoms with E-state index < -0.39 is 0 Å². The highest BCUT2D eigenvalue weighted by Crippen LogP contribution is 2.24. The van der Waals surface area contributed by atoms with Crippen LogP contribution in [-0.2, 0) is 11.2 Å². The van der Waals surface area contributed by atoms with E-state index in [1.165, 1.54) is 0 Å². The highest BCUT2D eigenvalue weighted by atomic mass is 32.2. The number of pyridine rings is 1. The first-order valence-electron chi connectivity index (χ1n) is 8.00. The minimum Gasteiger partial charge on any atom is -0.351 e. The molecule has 1 aromatic heterocycles. The number of aromatic nitrogens is 1. The molecular formula is C17H27N3OS. The van der Waals surface area contributed by atoms with Crippen LogP contribution in [0.1, 0.15) is 19.5 Å². The molecule has 2 rings (SSSR count). The molecule has 122 valence electrons. The first-order chi connectivity index (χ1) is 10.6. The van der Waals surface area contributed by atoms with Gasteiger partial charge < -0.3 is 10.2 Å². The van der Waals surface area contributed by atoms with E-state index in [-0.39, 0.29) is 11.9 Å². The number of likely N-dealkylation sites (tertiary alicyclic amines) is 1. The summed E-state index contributed by atoms with van der Waals surface area (Å²) in [5.74, 6) is 1.83. The molecule has 1 aromatic rings. The van der Waals surface area contributed by atoms with Crippen LogP contribution in [0.2, 0.25) is 0 Å². The summed E-state index contributed by atoms with van der Waals surface area (Å²) in [4.78, 5) is 18.7. The first-order valence-corrected chi connectivity index (χ1v) is 9.40. The first kappa shape index (κ1) is 17.3. The number of carbonyl (C=O) groups excluding carboxylic acids is 1. The Morgan fingerprint density at radius 1 is 1.45 bits per heavy atom. The minimum atomic E-state index is 0.162. The number of thioether (sulfide) groups is 1. The Bertz CT molecular complexity index is 466.